The first-order chi connectivity index (χ1) is 9.10. The van der Waals surface area contributed by atoms with Crippen LogP contribution in [0, 0.1) is 0 Å². The number of hydrogen-bond acceptors (Lipinski definition) is 3. The molecule has 0 spiro atoms. The van der Waals surface area contributed by atoms with Gasteiger partial charge in [0.15, 0.2) is 0 Å². The van der Waals surface area contributed by atoms with Crippen molar-refractivity contribution in [3.8, 4) is 0 Å². The lowest BCUT2D eigenvalue weighted by Gasteiger charge is -2.21. The van der Waals surface area contributed by atoms with Crippen molar-refractivity contribution in [2.45, 2.75) is 19.9 Å². The van der Waals surface area contributed by atoms with Crippen LogP contribution in [0.15, 0.2) is 24.3 Å². The predicted octanol–water partition coefficient (Wildman–Crippen LogP) is 1.83. The monoisotopic (exact) mass is 284 g/mol. The molecule has 1 amide bonds. The Kier molecular flexibility index (Phi) is 6.84. The number of likely N-dealkylation sites (N-methyl/N-ethyl adjacent to an activating group) is 1. The maximum Gasteiger partial charge on any atom is 0.234 e. The van der Waals surface area contributed by atoms with E-state index in [2.05, 4.69) is 5.32 Å². The standard InChI is InChI=1S/C14H21ClN2O2/c1-3-17(4-2)9-14(19)16-13(10-18)11-5-7-12(15)8-6-11/h5-8,13,18H,3-4,9-10H2,1-2H3,(H,16,19). The number of aliphatic hydroxyl groups is 1. The van der Waals surface area contributed by atoms with Crippen LogP contribution >= 0.6 is 11.6 Å². The van der Waals surface area contributed by atoms with E-state index in [0.717, 1.165) is 18.7 Å². The molecule has 4 nitrogen and oxygen atoms in total. The van der Waals surface area contributed by atoms with Crippen LogP contribution in [-0.2, 0) is 4.79 Å². The molecule has 106 valence electrons. The smallest absolute Gasteiger partial charge is 0.234 e. The van der Waals surface area contributed by atoms with Gasteiger partial charge in [0.05, 0.1) is 19.2 Å². The van der Waals surface area contributed by atoms with Gasteiger partial charge in [-0.1, -0.05) is 37.6 Å². The number of hydrogen-bond donors (Lipinski definition) is 2. The molecule has 1 rings (SSSR count). The van der Waals surface area contributed by atoms with E-state index < -0.39 is 0 Å². The van der Waals surface area contributed by atoms with E-state index in [1.165, 1.54) is 0 Å². The minimum atomic E-state index is -0.389. The molecule has 2 N–H and O–H groups in total. The van der Waals surface area contributed by atoms with E-state index in [4.69, 9.17) is 11.6 Å². The number of halogens is 1. The van der Waals surface area contributed by atoms with Gasteiger partial charge < -0.3 is 10.4 Å². The van der Waals surface area contributed by atoms with Crippen molar-refractivity contribution in [3.63, 3.8) is 0 Å². The van der Waals surface area contributed by atoms with Crippen molar-refractivity contribution in [3.05, 3.63) is 34.9 Å². The third-order valence-corrected chi connectivity index (χ3v) is 3.30. The molecule has 19 heavy (non-hydrogen) atoms. The Morgan fingerprint density at radius 1 is 1.32 bits per heavy atom. The van der Waals surface area contributed by atoms with Gasteiger partial charge in [-0.25, -0.2) is 0 Å². The summed E-state index contributed by atoms with van der Waals surface area (Å²) in [5.41, 5.74) is 0.847. The average Bonchev–Trinajstić information content (AvgIpc) is 2.43. The van der Waals surface area contributed by atoms with Crippen molar-refractivity contribution in [2.24, 2.45) is 0 Å². The van der Waals surface area contributed by atoms with Gasteiger partial charge in [0.1, 0.15) is 0 Å². The molecule has 1 unspecified atom stereocenters. The molecule has 0 bridgehead atoms. The summed E-state index contributed by atoms with van der Waals surface area (Å²) in [5, 5.41) is 12.8. The van der Waals surface area contributed by atoms with Crippen LogP contribution in [-0.4, -0.2) is 42.2 Å². The second-order valence-corrected chi connectivity index (χ2v) is 4.75. The van der Waals surface area contributed by atoms with Gasteiger partial charge in [0.25, 0.3) is 0 Å². The maximum absolute atomic E-state index is 11.9. The Morgan fingerprint density at radius 2 is 1.89 bits per heavy atom. The van der Waals surface area contributed by atoms with Gasteiger partial charge in [-0.2, -0.15) is 0 Å². The third kappa shape index (κ3) is 5.19. The lowest BCUT2D eigenvalue weighted by Crippen LogP contribution is -2.39. The first kappa shape index (κ1) is 16.0. The Labute approximate surface area is 119 Å². The maximum atomic E-state index is 11.9. The van der Waals surface area contributed by atoms with Gasteiger partial charge in [0.2, 0.25) is 5.91 Å². The fraction of sp³-hybridized carbons (Fsp3) is 0.500. The highest BCUT2D eigenvalue weighted by atomic mass is 35.5. The Morgan fingerprint density at radius 3 is 2.37 bits per heavy atom. The summed E-state index contributed by atoms with van der Waals surface area (Å²) in [7, 11) is 0. The molecule has 1 aromatic carbocycles. The highest BCUT2D eigenvalue weighted by Gasteiger charge is 2.15. The van der Waals surface area contributed by atoms with E-state index in [9.17, 15) is 9.90 Å². The number of carbonyl (C=O) groups is 1. The van der Waals surface area contributed by atoms with Gasteiger partial charge in [0, 0.05) is 5.02 Å². The molecule has 0 saturated heterocycles. The highest BCUT2D eigenvalue weighted by Crippen LogP contribution is 2.16. The second-order valence-electron chi connectivity index (χ2n) is 4.32. The Hall–Kier alpha value is -1.10. The largest absolute Gasteiger partial charge is 0.394 e. The molecule has 0 fully saturated rings. The fourth-order valence-electron chi connectivity index (χ4n) is 1.82. The number of rotatable bonds is 7. The molecule has 1 atom stereocenters. The van der Waals surface area contributed by atoms with Gasteiger partial charge in [-0.15, -0.1) is 0 Å². The van der Waals surface area contributed by atoms with Crippen molar-refractivity contribution >= 4 is 17.5 Å². The Bertz CT molecular complexity index is 391. The second kappa shape index (κ2) is 8.15. The van der Waals surface area contributed by atoms with Gasteiger partial charge in [-0.05, 0) is 30.8 Å². The van der Waals surface area contributed by atoms with Crippen molar-refractivity contribution < 1.29 is 9.90 Å². The average molecular weight is 285 g/mol. The van der Waals surface area contributed by atoms with Crippen LogP contribution in [0.3, 0.4) is 0 Å². The zero-order valence-corrected chi connectivity index (χ0v) is 12.2. The highest BCUT2D eigenvalue weighted by molar-refractivity contribution is 6.30. The molecule has 0 aliphatic heterocycles. The van der Waals surface area contributed by atoms with Crippen LogP contribution in [0.25, 0.3) is 0 Å². The van der Waals surface area contributed by atoms with Crippen LogP contribution in [0.1, 0.15) is 25.5 Å². The number of nitrogens with one attached hydrogen (secondary N) is 1. The van der Waals surface area contributed by atoms with E-state index in [1.54, 1.807) is 24.3 Å². The lowest BCUT2D eigenvalue weighted by molar-refractivity contribution is -0.123. The molecule has 1 aromatic rings. The number of aliphatic hydroxyl groups excluding tert-OH is 1. The summed E-state index contributed by atoms with van der Waals surface area (Å²) in [6.45, 7) is 5.89. The SMILES string of the molecule is CCN(CC)CC(=O)NC(CO)c1ccc(Cl)cc1. The minimum Gasteiger partial charge on any atom is -0.394 e. The van der Waals surface area contributed by atoms with Crippen LogP contribution in [0.4, 0.5) is 0 Å². The minimum absolute atomic E-state index is 0.0855. The van der Waals surface area contributed by atoms with Gasteiger partial charge >= 0.3 is 0 Å². The molecule has 0 heterocycles. The summed E-state index contributed by atoms with van der Waals surface area (Å²) >= 11 is 5.82. The summed E-state index contributed by atoms with van der Waals surface area (Å²) in [6.07, 6.45) is 0. The molecule has 0 saturated carbocycles. The summed E-state index contributed by atoms with van der Waals surface area (Å²) in [5.74, 6) is -0.0855. The molecular formula is C14H21ClN2O2. The van der Waals surface area contributed by atoms with E-state index >= 15 is 0 Å². The fourth-order valence-corrected chi connectivity index (χ4v) is 1.95. The summed E-state index contributed by atoms with van der Waals surface area (Å²) in [4.78, 5) is 13.9. The Balaban J connectivity index is 2.61. The molecule has 5 heteroatoms. The summed E-state index contributed by atoms with van der Waals surface area (Å²) in [6, 6.07) is 6.72. The molecule has 0 aliphatic carbocycles. The topological polar surface area (TPSA) is 52.6 Å². The lowest BCUT2D eigenvalue weighted by atomic mass is 10.1. The quantitative estimate of drug-likeness (QED) is 0.803. The number of nitrogens with zero attached hydrogens (tertiary/aromatic N) is 1. The zero-order chi connectivity index (χ0) is 14.3. The van der Waals surface area contributed by atoms with Crippen molar-refractivity contribution in [1.82, 2.24) is 10.2 Å². The van der Waals surface area contributed by atoms with Crippen molar-refractivity contribution in [2.75, 3.05) is 26.2 Å². The summed E-state index contributed by atoms with van der Waals surface area (Å²) < 4.78 is 0. The van der Waals surface area contributed by atoms with Crippen LogP contribution < -0.4 is 5.32 Å². The van der Waals surface area contributed by atoms with Crippen molar-refractivity contribution in [1.29, 1.82) is 0 Å². The van der Waals surface area contributed by atoms with E-state index in [0.29, 0.717) is 11.6 Å². The van der Waals surface area contributed by atoms with Gasteiger partial charge in [-0.3, -0.25) is 9.69 Å². The number of amides is 1. The van der Waals surface area contributed by atoms with E-state index in [1.807, 2.05) is 18.7 Å². The molecule has 0 radical (unpaired) electrons. The number of carbonyl (C=O) groups excluding carboxylic acids is 1. The van der Waals surface area contributed by atoms with E-state index in [-0.39, 0.29) is 18.6 Å². The third-order valence-electron chi connectivity index (χ3n) is 3.05. The molecular weight excluding hydrogens is 264 g/mol. The first-order valence-electron chi connectivity index (χ1n) is 6.48. The zero-order valence-electron chi connectivity index (χ0n) is 11.4. The van der Waals surface area contributed by atoms with Crippen LogP contribution in [0.5, 0.6) is 0 Å². The molecule has 0 aliphatic rings. The normalized spacial score (nSPS) is 12.5. The molecule has 0 aromatic heterocycles. The predicted molar refractivity (Wildman–Crippen MR) is 77.2 cm³/mol. The number of benzene rings is 1. The van der Waals surface area contributed by atoms with Crippen LogP contribution in [0.2, 0.25) is 5.02 Å². The first-order valence-corrected chi connectivity index (χ1v) is 6.86.